The molecule has 0 fully saturated rings. The first-order chi connectivity index (χ1) is 13.9. The first-order valence-electron chi connectivity index (χ1n) is 10.8. The zero-order valence-corrected chi connectivity index (χ0v) is 21.1. The Morgan fingerprint density at radius 1 is 1.07 bits per heavy atom. The van der Waals surface area contributed by atoms with E-state index in [0.717, 1.165) is 44.8 Å². The molecule has 1 atom stereocenters. The maximum atomic E-state index is 11.8. The molecule has 0 aliphatic rings. The molecule has 0 amide bonds. The number of aromatic nitrogens is 1. The van der Waals surface area contributed by atoms with Crippen LogP contribution in [-0.2, 0) is 20.7 Å². The third-order valence-corrected chi connectivity index (χ3v) is 11.3. The third kappa shape index (κ3) is 7.36. The van der Waals surface area contributed by atoms with Gasteiger partial charge in [0.25, 0.3) is 0 Å². The van der Waals surface area contributed by atoms with Gasteiger partial charge in [-0.2, -0.15) is 0 Å². The number of oxazole rings is 1. The van der Waals surface area contributed by atoms with Crippen molar-refractivity contribution in [3.63, 3.8) is 0 Å². The quantitative estimate of drug-likeness (QED) is 0.295. The van der Waals surface area contributed by atoms with Gasteiger partial charge in [0.15, 0.2) is 8.32 Å². The predicted octanol–water partition coefficient (Wildman–Crippen LogP) is 6.33. The molecular weight excluding hydrogens is 414 g/mol. The zero-order valence-electron chi connectivity index (χ0n) is 19.3. The van der Waals surface area contributed by atoms with Crippen molar-refractivity contribution in [3.8, 4) is 0 Å². The summed E-state index contributed by atoms with van der Waals surface area (Å²) in [6.45, 7) is 11.0. The summed E-state index contributed by atoms with van der Waals surface area (Å²) in [5.74, 6) is 0.379. The summed E-state index contributed by atoms with van der Waals surface area (Å²) < 4.78 is 35.8. The molecule has 0 radical (unpaired) electrons. The molecule has 1 unspecified atom stereocenters. The summed E-state index contributed by atoms with van der Waals surface area (Å²) in [7, 11) is -5.48. The van der Waals surface area contributed by atoms with Crippen LogP contribution in [-0.4, -0.2) is 28.0 Å². The molecule has 2 aromatic rings. The van der Waals surface area contributed by atoms with Crippen molar-refractivity contribution >= 4 is 18.2 Å². The molecule has 5 nitrogen and oxygen atoms in total. The van der Waals surface area contributed by atoms with Crippen molar-refractivity contribution in [2.24, 2.45) is 0 Å². The van der Waals surface area contributed by atoms with Gasteiger partial charge in [0.2, 0.25) is 20.8 Å². The van der Waals surface area contributed by atoms with E-state index in [-0.39, 0.29) is 16.2 Å². The lowest BCUT2D eigenvalue weighted by molar-refractivity contribution is 0.133. The molecule has 0 saturated heterocycles. The maximum Gasteiger partial charge on any atom is 0.238 e. The SMILES string of the molecule is CC(C)(C)[Si](C)(C)OC(CCCCCCc1ccccc1)c1ncc(S(C)(=O)=O)o1. The highest BCUT2D eigenvalue weighted by Gasteiger charge is 2.40. The summed E-state index contributed by atoms with van der Waals surface area (Å²) in [5, 5.41) is -0.0445. The monoisotopic (exact) mass is 451 g/mol. The van der Waals surface area contributed by atoms with Crippen molar-refractivity contribution in [1.29, 1.82) is 0 Å². The molecule has 1 aromatic heterocycles. The Labute approximate surface area is 183 Å². The normalized spacial score (nSPS) is 14.1. The lowest BCUT2D eigenvalue weighted by Gasteiger charge is -2.38. The average Bonchev–Trinajstić information content (AvgIpc) is 3.14. The van der Waals surface area contributed by atoms with Crippen LogP contribution in [0.1, 0.15) is 70.4 Å². The predicted molar refractivity (Wildman–Crippen MR) is 124 cm³/mol. The molecule has 0 spiro atoms. The Balaban J connectivity index is 1.96. The highest BCUT2D eigenvalue weighted by Crippen LogP contribution is 2.41. The van der Waals surface area contributed by atoms with Gasteiger partial charge in [-0.15, -0.1) is 0 Å². The van der Waals surface area contributed by atoms with Crippen molar-refractivity contribution < 1.29 is 17.3 Å². The van der Waals surface area contributed by atoms with Crippen LogP contribution < -0.4 is 0 Å². The molecule has 0 N–H and O–H groups in total. The van der Waals surface area contributed by atoms with E-state index in [1.54, 1.807) is 0 Å². The number of unbranched alkanes of at least 4 members (excludes halogenated alkanes) is 3. The number of aryl methyl sites for hydroxylation is 1. The number of benzene rings is 1. The van der Waals surface area contributed by atoms with Crippen LogP contribution >= 0.6 is 0 Å². The fraction of sp³-hybridized carbons (Fsp3) is 0.609. The Hall–Kier alpha value is -1.44. The van der Waals surface area contributed by atoms with E-state index in [0.29, 0.717) is 5.89 Å². The number of hydrogen-bond acceptors (Lipinski definition) is 5. The van der Waals surface area contributed by atoms with Gasteiger partial charge in [-0.1, -0.05) is 70.4 Å². The lowest BCUT2D eigenvalue weighted by atomic mass is 10.0. The number of hydrogen-bond donors (Lipinski definition) is 0. The van der Waals surface area contributed by atoms with Crippen molar-refractivity contribution in [2.45, 2.75) is 88.6 Å². The van der Waals surface area contributed by atoms with Crippen LogP contribution in [0.2, 0.25) is 18.1 Å². The van der Waals surface area contributed by atoms with Crippen molar-refractivity contribution in [2.75, 3.05) is 6.26 Å². The van der Waals surface area contributed by atoms with Gasteiger partial charge in [0.05, 0.1) is 6.20 Å². The van der Waals surface area contributed by atoms with E-state index >= 15 is 0 Å². The minimum absolute atomic E-state index is 0.0488. The summed E-state index contributed by atoms with van der Waals surface area (Å²) in [4.78, 5) is 4.26. The molecule has 0 aliphatic heterocycles. The van der Waals surface area contributed by atoms with Crippen LogP contribution in [0, 0.1) is 0 Å². The molecule has 0 saturated carbocycles. The van der Waals surface area contributed by atoms with Gasteiger partial charge in [0.1, 0.15) is 6.10 Å². The molecule has 0 aliphatic carbocycles. The smallest absolute Gasteiger partial charge is 0.238 e. The van der Waals surface area contributed by atoms with Crippen LogP contribution in [0.15, 0.2) is 46.0 Å². The minimum atomic E-state index is -3.42. The summed E-state index contributed by atoms with van der Waals surface area (Å²) >= 11 is 0. The van der Waals surface area contributed by atoms with E-state index in [1.165, 1.54) is 11.8 Å². The van der Waals surface area contributed by atoms with Gasteiger partial charge in [-0.05, 0) is 43.0 Å². The molecule has 2 rings (SSSR count). The summed E-state index contributed by atoms with van der Waals surface area (Å²) in [5.41, 5.74) is 1.38. The topological polar surface area (TPSA) is 69.4 Å². The van der Waals surface area contributed by atoms with Crippen molar-refractivity contribution in [3.05, 3.63) is 48.0 Å². The Morgan fingerprint density at radius 2 is 1.70 bits per heavy atom. The first kappa shape index (κ1) is 24.8. The molecule has 7 heteroatoms. The molecule has 1 heterocycles. The second kappa shape index (κ2) is 10.2. The van der Waals surface area contributed by atoms with E-state index in [4.69, 9.17) is 8.84 Å². The van der Waals surface area contributed by atoms with Gasteiger partial charge in [-0.3, -0.25) is 0 Å². The van der Waals surface area contributed by atoms with Crippen LogP contribution in [0.25, 0.3) is 0 Å². The molecule has 0 bridgehead atoms. The van der Waals surface area contributed by atoms with Crippen LogP contribution in [0.4, 0.5) is 0 Å². The fourth-order valence-corrected chi connectivity index (χ4v) is 4.78. The molecular formula is C23H37NO4SSi. The Kier molecular flexibility index (Phi) is 8.48. The number of sulfone groups is 1. The van der Waals surface area contributed by atoms with Crippen molar-refractivity contribution in [1.82, 2.24) is 4.98 Å². The second-order valence-electron chi connectivity index (χ2n) is 9.59. The average molecular weight is 452 g/mol. The minimum Gasteiger partial charge on any atom is -0.426 e. The third-order valence-electron chi connectivity index (χ3n) is 5.91. The van der Waals surface area contributed by atoms with Gasteiger partial charge in [-0.25, -0.2) is 13.4 Å². The fourth-order valence-electron chi connectivity index (χ4n) is 3.01. The zero-order chi connectivity index (χ0) is 22.4. The van der Waals surface area contributed by atoms with Gasteiger partial charge >= 0.3 is 0 Å². The molecule has 1 aromatic carbocycles. The lowest BCUT2D eigenvalue weighted by Crippen LogP contribution is -2.41. The van der Waals surface area contributed by atoms with E-state index in [2.05, 4.69) is 63.1 Å². The van der Waals surface area contributed by atoms with Gasteiger partial charge in [0, 0.05) is 6.26 Å². The van der Waals surface area contributed by atoms with Crippen LogP contribution in [0.5, 0.6) is 0 Å². The van der Waals surface area contributed by atoms with Crippen LogP contribution in [0.3, 0.4) is 0 Å². The standard InChI is InChI=1S/C23H37NO4SSi/c1-23(2,3)30(5,6)28-20(22-24-18-21(27-22)29(4,25)26)17-13-8-7-10-14-19-15-11-9-12-16-19/h9,11-12,15-16,18,20H,7-8,10,13-14,17H2,1-6H3. The van der Waals surface area contributed by atoms with E-state index in [9.17, 15) is 8.42 Å². The summed E-state index contributed by atoms with van der Waals surface area (Å²) in [6, 6.07) is 10.6. The highest BCUT2D eigenvalue weighted by atomic mass is 32.2. The van der Waals surface area contributed by atoms with E-state index in [1.807, 2.05) is 6.07 Å². The molecule has 30 heavy (non-hydrogen) atoms. The maximum absolute atomic E-state index is 11.8. The summed E-state index contributed by atoms with van der Waals surface area (Å²) in [6.07, 6.45) is 8.41. The highest BCUT2D eigenvalue weighted by molar-refractivity contribution is 7.90. The first-order valence-corrected chi connectivity index (χ1v) is 15.6. The largest absolute Gasteiger partial charge is 0.426 e. The number of rotatable bonds is 11. The number of nitrogens with zero attached hydrogens (tertiary/aromatic N) is 1. The Bertz CT molecular complexity index is 885. The van der Waals surface area contributed by atoms with E-state index < -0.39 is 18.2 Å². The second-order valence-corrected chi connectivity index (χ2v) is 16.3. The molecule has 168 valence electrons. The Morgan fingerprint density at radius 3 is 2.27 bits per heavy atom. The van der Waals surface area contributed by atoms with Gasteiger partial charge < -0.3 is 8.84 Å².